The van der Waals surface area contributed by atoms with Crippen molar-refractivity contribution in [3.05, 3.63) is 130 Å². The van der Waals surface area contributed by atoms with E-state index in [1.54, 1.807) is 34.5 Å². The number of hydrogen-bond donors (Lipinski definition) is 0. The second kappa shape index (κ2) is 24.3. The van der Waals surface area contributed by atoms with Crippen LogP contribution in [0.15, 0.2) is 97.1 Å². The van der Waals surface area contributed by atoms with Crippen LogP contribution in [-0.2, 0) is 36.2 Å². The van der Waals surface area contributed by atoms with Crippen LogP contribution in [0, 0.1) is 39.5 Å². The molecule has 0 aromatic heterocycles. The molecule has 0 N–H and O–H groups in total. The molecule has 0 heterocycles. The Morgan fingerprint density at radius 3 is 1.21 bits per heavy atom. The first-order valence-electron chi connectivity index (χ1n) is 22.2. The van der Waals surface area contributed by atoms with Crippen LogP contribution < -0.4 is 24.8 Å². The second-order valence-corrected chi connectivity index (χ2v) is 26.1. The third-order valence-corrected chi connectivity index (χ3v) is 15.4. The summed E-state index contributed by atoms with van der Waals surface area (Å²) in [5.74, 6) is 1.79. The van der Waals surface area contributed by atoms with Crippen LogP contribution in [0.3, 0.4) is 0 Å². The molecule has 0 aliphatic heterocycles. The van der Waals surface area contributed by atoms with Crippen molar-refractivity contribution in [1.82, 2.24) is 0 Å². The van der Waals surface area contributed by atoms with Crippen LogP contribution in [-0.4, -0.2) is 5.43 Å². The number of benzene rings is 4. The first-order chi connectivity index (χ1) is 27.1. The molecule has 58 heavy (non-hydrogen) atoms. The average molecular weight is 907 g/mol. The minimum Gasteiger partial charge on any atom is -1.00 e. The van der Waals surface area contributed by atoms with E-state index in [4.69, 9.17) is 0 Å². The summed E-state index contributed by atoms with van der Waals surface area (Å²) in [6.07, 6.45) is 21.1. The van der Waals surface area contributed by atoms with Crippen LogP contribution in [0.1, 0.15) is 124 Å². The van der Waals surface area contributed by atoms with Gasteiger partial charge in [-0.25, -0.2) is 0 Å². The molecule has 6 aromatic carbocycles. The molecule has 6 aromatic rings. The van der Waals surface area contributed by atoms with Crippen molar-refractivity contribution < 1.29 is 48.1 Å². The van der Waals surface area contributed by atoms with Gasteiger partial charge in [0.1, 0.15) is 0 Å². The molecule has 0 saturated heterocycles. The fourth-order valence-corrected chi connectivity index (χ4v) is 12.4. The predicted octanol–water partition coefficient (Wildman–Crippen LogP) is 10.3. The topological polar surface area (TPSA) is 0 Å². The van der Waals surface area contributed by atoms with E-state index < -0.39 is 0 Å². The molecular weight excluding hydrogens is 839 g/mol. The predicted molar refractivity (Wildman–Crippen MR) is 245 cm³/mol. The van der Waals surface area contributed by atoms with Crippen LogP contribution in [0.2, 0.25) is 12.6 Å². The maximum atomic E-state index is 2.47. The van der Waals surface area contributed by atoms with Gasteiger partial charge in [0.25, 0.3) is 0 Å². The minimum absolute atomic E-state index is 0. The van der Waals surface area contributed by atoms with Gasteiger partial charge in [0.05, 0.1) is 0 Å². The second-order valence-electron chi connectivity index (χ2n) is 17.8. The zero-order valence-corrected chi connectivity index (χ0v) is 41.4. The minimum atomic E-state index is 0. The molecule has 2 aliphatic carbocycles. The van der Waals surface area contributed by atoms with Crippen molar-refractivity contribution in [2.75, 3.05) is 0 Å². The smallest absolute Gasteiger partial charge is 0.0274 e. The van der Waals surface area contributed by atoms with E-state index in [0.29, 0.717) is 0 Å². The third-order valence-electron chi connectivity index (χ3n) is 12.3. The van der Waals surface area contributed by atoms with E-state index >= 15 is 0 Å². The van der Waals surface area contributed by atoms with Gasteiger partial charge >= 0.3 is 54.7 Å². The SMILES string of the molecule is CCC[Si](C)=[Zr+2].Cc1cc(C)cc(-c2cccc3[cH-]c(CC4CCCCCC4)cc23)c1.Cc1cc(C)cc(-c2cccc3[cH-]c(CC4CCCCCC4)cc23)c1.[Cl-].[Cl-]. The van der Waals surface area contributed by atoms with Gasteiger partial charge in [-0.1, -0.05) is 159 Å². The van der Waals surface area contributed by atoms with Gasteiger partial charge in [-0.3, -0.25) is 0 Å². The summed E-state index contributed by atoms with van der Waals surface area (Å²) in [6, 6.07) is 38.7. The van der Waals surface area contributed by atoms with Gasteiger partial charge < -0.3 is 24.8 Å². The summed E-state index contributed by atoms with van der Waals surface area (Å²) in [4.78, 5) is 0. The third kappa shape index (κ3) is 14.2. The summed E-state index contributed by atoms with van der Waals surface area (Å²) in [6.45, 7) is 13.4. The molecule has 0 spiro atoms. The van der Waals surface area contributed by atoms with Crippen molar-refractivity contribution >= 4 is 27.0 Å². The first-order valence-corrected chi connectivity index (χ1v) is 28.1. The van der Waals surface area contributed by atoms with E-state index in [2.05, 4.69) is 138 Å². The molecule has 2 fully saturated rings. The van der Waals surface area contributed by atoms with Gasteiger partial charge in [0, 0.05) is 0 Å². The zero-order chi connectivity index (χ0) is 39.4. The van der Waals surface area contributed by atoms with E-state index in [0.717, 1.165) is 11.8 Å². The maximum absolute atomic E-state index is 2.47. The number of halogens is 2. The van der Waals surface area contributed by atoms with Crippen molar-refractivity contribution in [1.29, 1.82) is 0 Å². The van der Waals surface area contributed by atoms with Crippen molar-refractivity contribution in [3.63, 3.8) is 0 Å². The monoisotopic (exact) mass is 904 g/mol. The fraction of sp³-hybridized carbons (Fsp3) is 0.444. The zero-order valence-electron chi connectivity index (χ0n) is 36.5. The molecular formula is C54H68Cl2SiZr-2. The first kappa shape index (κ1) is 48.4. The Labute approximate surface area is 380 Å². The Morgan fingerprint density at radius 2 is 0.897 bits per heavy atom. The summed E-state index contributed by atoms with van der Waals surface area (Å²) in [5, 5.41) is 5.66. The Hall–Kier alpha value is -2.22. The summed E-state index contributed by atoms with van der Waals surface area (Å²) in [5.41, 5.74) is 14.1. The van der Waals surface area contributed by atoms with Gasteiger partial charge in [-0.2, -0.15) is 12.1 Å². The van der Waals surface area contributed by atoms with E-state index in [1.165, 1.54) is 168 Å². The van der Waals surface area contributed by atoms with Crippen molar-refractivity contribution in [3.8, 4) is 22.3 Å². The van der Waals surface area contributed by atoms with E-state index in [1.807, 2.05) is 0 Å². The molecule has 0 atom stereocenters. The maximum Gasteiger partial charge on any atom is -0.0274 e. The standard InChI is InChI=1S/2C25H29.C4H10Si.2ClH.Zr/c2*1-18-12-19(2)14-23(13-18)24-11-7-10-22-16-21(17-25(22)24)15-20-8-5-3-4-6-9-20;1-3-4-5-2;;;/h2*7,10-14,16-17,20H,3-6,8-9,15H2,1-2H3;3-4H2,1-2H3;2*1H;/q2*-1;;;;+2/p-2. The molecule has 0 radical (unpaired) electrons. The average Bonchev–Trinajstić information content (AvgIpc) is 3.54. The summed E-state index contributed by atoms with van der Waals surface area (Å²) in [7, 11) is 0. The van der Waals surface area contributed by atoms with Crippen molar-refractivity contribution in [2.45, 2.75) is 144 Å². The molecule has 0 bridgehead atoms. The van der Waals surface area contributed by atoms with Gasteiger partial charge in [-0.15, -0.1) is 69.1 Å². The number of hydrogen-bond acceptors (Lipinski definition) is 0. The molecule has 2 saturated carbocycles. The molecule has 0 amide bonds. The Balaban J connectivity index is 0.000000219. The van der Waals surface area contributed by atoms with E-state index in [9.17, 15) is 0 Å². The molecule has 2 aliphatic rings. The number of aryl methyl sites for hydroxylation is 4. The molecule has 8 rings (SSSR count). The normalized spacial score (nSPS) is 14.9. The molecule has 4 heteroatoms. The van der Waals surface area contributed by atoms with Crippen LogP contribution in [0.4, 0.5) is 0 Å². The summed E-state index contributed by atoms with van der Waals surface area (Å²) >= 11 is 1.79. The molecule has 0 unspecified atom stereocenters. The van der Waals surface area contributed by atoms with Crippen LogP contribution in [0.5, 0.6) is 0 Å². The Kier molecular flexibility index (Phi) is 20.3. The van der Waals surface area contributed by atoms with Crippen LogP contribution in [0.25, 0.3) is 43.8 Å². The quantitative estimate of drug-likeness (QED) is 0.0811. The van der Waals surface area contributed by atoms with Gasteiger partial charge in [0.15, 0.2) is 0 Å². The molecule has 308 valence electrons. The van der Waals surface area contributed by atoms with Gasteiger partial charge in [0.2, 0.25) is 0 Å². The Morgan fingerprint density at radius 1 is 0.534 bits per heavy atom. The molecule has 0 nitrogen and oxygen atoms in total. The summed E-state index contributed by atoms with van der Waals surface area (Å²) < 4.78 is 0. The Bertz CT molecular complexity index is 1980. The van der Waals surface area contributed by atoms with E-state index in [-0.39, 0.29) is 30.2 Å². The largest absolute Gasteiger partial charge is 1.00 e. The number of rotatable bonds is 8. The fourth-order valence-electron chi connectivity index (χ4n) is 9.77. The van der Waals surface area contributed by atoms with Gasteiger partial charge in [-0.05, 0) is 63.5 Å². The number of fused-ring (bicyclic) bond motifs is 2. The van der Waals surface area contributed by atoms with Crippen molar-refractivity contribution in [2.24, 2.45) is 11.8 Å². The van der Waals surface area contributed by atoms with Crippen LogP contribution >= 0.6 is 0 Å².